The molecule has 1 unspecified atom stereocenters. The lowest BCUT2D eigenvalue weighted by atomic mass is 9.93. The molecule has 0 radical (unpaired) electrons. The monoisotopic (exact) mass is 170 g/mol. The summed E-state index contributed by atoms with van der Waals surface area (Å²) in [6.45, 7) is 4.39. The highest BCUT2D eigenvalue weighted by Gasteiger charge is 2.39. The minimum Gasteiger partial charge on any atom is -0.479 e. The van der Waals surface area contributed by atoms with Gasteiger partial charge in [0.2, 0.25) is 0 Å². The van der Waals surface area contributed by atoms with E-state index in [1.807, 2.05) is 13.8 Å². The van der Waals surface area contributed by atoms with E-state index in [2.05, 4.69) is 0 Å². The highest BCUT2D eigenvalue weighted by molar-refractivity contribution is 5.80. The van der Waals surface area contributed by atoms with Crippen molar-refractivity contribution in [3.05, 3.63) is 12.2 Å². The molecule has 0 aliphatic carbocycles. The molecule has 3 heteroatoms. The summed E-state index contributed by atoms with van der Waals surface area (Å²) in [6.07, 6.45) is 3.95. The Kier molecular flexibility index (Phi) is 2.52. The van der Waals surface area contributed by atoms with Gasteiger partial charge in [-0.05, 0) is 18.4 Å². The second-order valence-corrected chi connectivity index (χ2v) is 3.51. The first-order valence-corrected chi connectivity index (χ1v) is 4.12. The Labute approximate surface area is 72.0 Å². The molecule has 1 N–H and O–H groups in total. The molecule has 0 amide bonds. The van der Waals surface area contributed by atoms with Crippen LogP contribution < -0.4 is 0 Å². The van der Waals surface area contributed by atoms with E-state index in [1.165, 1.54) is 0 Å². The summed E-state index contributed by atoms with van der Waals surface area (Å²) in [5.41, 5.74) is -1.05. The van der Waals surface area contributed by atoms with E-state index in [0.717, 1.165) is 0 Å². The molecule has 1 heterocycles. The van der Waals surface area contributed by atoms with Crippen LogP contribution in [0, 0.1) is 5.92 Å². The number of hydrogen-bond donors (Lipinski definition) is 1. The van der Waals surface area contributed by atoms with Gasteiger partial charge in [-0.1, -0.05) is 19.9 Å². The maximum atomic E-state index is 10.9. The predicted octanol–water partition coefficient (Wildman–Crippen LogP) is 1.44. The molecule has 0 bridgehead atoms. The van der Waals surface area contributed by atoms with Crippen molar-refractivity contribution in [1.29, 1.82) is 0 Å². The predicted molar refractivity (Wildman–Crippen MR) is 44.9 cm³/mol. The number of hydrogen-bond acceptors (Lipinski definition) is 2. The maximum absolute atomic E-state index is 10.9. The first-order chi connectivity index (χ1) is 5.57. The van der Waals surface area contributed by atoms with Crippen molar-refractivity contribution in [2.75, 3.05) is 6.61 Å². The van der Waals surface area contributed by atoms with Gasteiger partial charge in [0.15, 0.2) is 5.60 Å². The van der Waals surface area contributed by atoms with Gasteiger partial charge in [-0.25, -0.2) is 4.79 Å². The molecule has 1 rings (SSSR count). The average Bonchev–Trinajstić information content (AvgIpc) is 2.35. The zero-order chi connectivity index (χ0) is 9.19. The van der Waals surface area contributed by atoms with Gasteiger partial charge in [-0.15, -0.1) is 0 Å². The van der Waals surface area contributed by atoms with Crippen LogP contribution in [0.15, 0.2) is 12.2 Å². The summed E-state index contributed by atoms with van der Waals surface area (Å²) < 4.78 is 5.20. The number of carbonyl (C=O) groups is 1. The van der Waals surface area contributed by atoms with E-state index in [1.54, 1.807) is 12.2 Å². The second-order valence-electron chi connectivity index (χ2n) is 3.51. The third-order valence-electron chi connectivity index (χ3n) is 1.90. The summed E-state index contributed by atoms with van der Waals surface area (Å²) in [5.74, 6) is -0.561. The van der Waals surface area contributed by atoms with Crippen LogP contribution >= 0.6 is 0 Å². The van der Waals surface area contributed by atoms with Crippen LogP contribution in [0.25, 0.3) is 0 Å². The number of carboxylic acid groups (broad SMARTS) is 1. The van der Waals surface area contributed by atoms with Gasteiger partial charge in [0.1, 0.15) is 0 Å². The first-order valence-electron chi connectivity index (χ1n) is 4.12. The molecule has 0 aromatic rings. The molecule has 0 saturated carbocycles. The lowest BCUT2D eigenvalue weighted by Crippen LogP contribution is -2.38. The smallest absolute Gasteiger partial charge is 0.340 e. The molecule has 1 atom stereocenters. The Balaban J connectivity index is 2.73. The van der Waals surface area contributed by atoms with Gasteiger partial charge in [0.05, 0.1) is 6.61 Å². The second kappa shape index (κ2) is 3.27. The van der Waals surface area contributed by atoms with Gasteiger partial charge < -0.3 is 9.84 Å². The van der Waals surface area contributed by atoms with Crippen molar-refractivity contribution in [1.82, 2.24) is 0 Å². The van der Waals surface area contributed by atoms with Crippen LogP contribution in [0.3, 0.4) is 0 Å². The fourth-order valence-electron chi connectivity index (χ4n) is 1.44. The number of rotatable bonds is 3. The fraction of sp³-hybridized carbons (Fsp3) is 0.667. The van der Waals surface area contributed by atoms with Gasteiger partial charge in [-0.2, -0.15) is 0 Å². The Hall–Kier alpha value is -0.830. The number of ether oxygens (including phenoxy) is 1. The molecular formula is C9H14O3. The molecule has 3 nitrogen and oxygen atoms in total. The highest BCUT2D eigenvalue weighted by Crippen LogP contribution is 2.27. The Bertz CT molecular complexity index is 208. The van der Waals surface area contributed by atoms with E-state index < -0.39 is 11.6 Å². The lowest BCUT2D eigenvalue weighted by molar-refractivity contribution is -0.158. The van der Waals surface area contributed by atoms with Gasteiger partial charge in [0, 0.05) is 0 Å². The van der Waals surface area contributed by atoms with Crippen molar-refractivity contribution < 1.29 is 14.6 Å². The van der Waals surface area contributed by atoms with Crippen molar-refractivity contribution in [2.24, 2.45) is 5.92 Å². The summed E-state index contributed by atoms with van der Waals surface area (Å²) >= 11 is 0. The average molecular weight is 170 g/mol. The number of aliphatic carboxylic acids is 1. The van der Waals surface area contributed by atoms with E-state index in [4.69, 9.17) is 9.84 Å². The van der Waals surface area contributed by atoms with E-state index in [9.17, 15) is 4.79 Å². The quantitative estimate of drug-likeness (QED) is 0.652. The van der Waals surface area contributed by atoms with Crippen LogP contribution in [0.1, 0.15) is 20.3 Å². The molecule has 0 aromatic heterocycles. The summed E-state index contributed by atoms with van der Waals surface area (Å²) in [6, 6.07) is 0. The third-order valence-corrected chi connectivity index (χ3v) is 1.90. The maximum Gasteiger partial charge on any atom is 0.340 e. The van der Waals surface area contributed by atoms with Gasteiger partial charge in [0.25, 0.3) is 0 Å². The molecule has 0 fully saturated rings. The summed E-state index contributed by atoms with van der Waals surface area (Å²) in [4.78, 5) is 10.9. The van der Waals surface area contributed by atoms with Crippen molar-refractivity contribution in [3.63, 3.8) is 0 Å². The minimum absolute atomic E-state index is 0.323. The fourth-order valence-corrected chi connectivity index (χ4v) is 1.44. The molecule has 68 valence electrons. The van der Waals surface area contributed by atoms with E-state index in [0.29, 0.717) is 18.9 Å². The zero-order valence-corrected chi connectivity index (χ0v) is 7.41. The zero-order valence-electron chi connectivity index (χ0n) is 7.41. The van der Waals surface area contributed by atoms with Crippen LogP contribution in [-0.2, 0) is 9.53 Å². The normalized spacial score (nSPS) is 28.2. The summed E-state index contributed by atoms with van der Waals surface area (Å²) in [7, 11) is 0. The largest absolute Gasteiger partial charge is 0.479 e. The molecule has 12 heavy (non-hydrogen) atoms. The molecule has 0 aromatic carbocycles. The standard InChI is InChI=1S/C9H14O3/c1-7(2)6-9(8(10)11)4-3-5-12-9/h3-4,7H,5-6H2,1-2H3,(H,10,11). The minimum atomic E-state index is -1.05. The SMILES string of the molecule is CC(C)CC1(C(=O)O)C=CCO1. The molecule has 1 aliphatic heterocycles. The van der Waals surface area contributed by atoms with E-state index >= 15 is 0 Å². The van der Waals surface area contributed by atoms with Crippen LogP contribution in [0.2, 0.25) is 0 Å². The molecular weight excluding hydrogens is 156 g/mol. The first kappa shape index (κ1) is 9.26. The highest BCUT2D eigenvalue weighted by atomic mass is 16.5. The third kappa shape index (κ3) is 1.67. The van der Waals surface area contributed by atoms with Crippen molar-refractivity contribution >= 4 is 5.97 Å². The van der Waals surface area contributed by atoms with Crippen molar-refractivity contribution in [2.45, 2.75) is 25.9 Å². The topological polar surface area (TPSA) is 46.5 Å². The molecule has 1 aliphatic rings. The molecule has 0 spiro atoms. The Morgan fingerprint density at radius 1 is 1.75 bits per heavy atom. The van der Waals surface area contributed by atoms with Crippen LogP contribution in [0.4, 0.5) is 0 Å². The van der Waals surface area contributed by atoms with Crippen LogP contribution in [0.5, 0.6) is 0 Å². The molecule has 0 saturated heterocycles. The Morgan fingerprint density at radius 3 is 2.75 bits per heavy atom. The van der Waals surface area contributed by atoms with Gasteiger partial charge in [-0.3, -0.25) is 0 Å². The lowest BCUT2D eigenvalue weighted by Gasteiger charge is -2.23. The van der Waals surface area contributed by atoms with E-state index in [-0.39, 0.29) is 0 Å². The van der Waals surface area contributed by atoms with Crippen LogP contribution in [-0.4, -0.2) is 23.3 Å². The van der Waals surface area contributed by atoms with Crippen molar-refractivity contribution in [3.8, 4) is 0 Å². The summed E-state index contributed by atoms with van der Waals surface area (Å²) in [5, 5.41) is 8.94. The van der Waals surface area contributed by atoms with Gasteiger partial charge >= 0.3 is 5.97 Å². The Morgan fingerprint density at radius 2 is 2.42 bits per heavy atom. The number of carboxylic acids is 1.